The number of carbonyl (C=O) groups is 1. The van der Waals surface area contributed by atoms with E-state index in [0.717, 1.165) is 17.3 Å². The van der Waals surface area contributed by atoms with Gasteiger partial charge in [-0.05, 0) is 73.9 Å². The van der Waals surface area contributed by atoms with Crippen molar-refractivity contribution in [1.29, 1.82) is 0 Å². The normalized spacial score (nSPS) is 18.1. The van der Waals surface area contributed by atoms with E-state index in [2.05, 4.69) is 10.5 Å². The molecule has 1 heterocycles. The number of rotatable bonds is 7. The van der Waals surface area contributed by atoms with Gasteiger partial charge in [-0.2, -0.15) is 18.3 Å². The van der Waals surface area contributed by atoms with Gasteiger partial charge >= 0.3 is 6.18 Å². The van der Waals surface area contributed by atoms with E-state index in [-0.39, 0.29) is 12.0 Å². The third-order valence-corrected chi connectivity index (χ3v) is 6.78. The van der Waals surface area contributed by atoms with Crippen LogP contribution >= 0.6 is 0 Å². The molecule has 204 valence electrons. The number of hydrazone groups is 1. The summed E-state index contributed by atoms with van der Waals surface area (Å²) in [7, 11) is 1.50. The Hall–Kier alpha value is -4.21. The lowest BCUT2D eigenvalue weighted by Crippen LogP contribution is -2.31. The van der Waals surface area contributed by atoms with Gasteiger partial charge in [0.25, 0.3) is 5.91 Å². The number of alkyl halides is 3. The van der Waals surface area contributed by atoms with Crippen LogP contribution in [0.2, 0.25) is 0 Å². The molecule has 1 amide bonds. The molecule has 0 bridgehead atoms. The lowest BCUT2D eigenvalue weighted by Gasteiger charge is -2.30. The van der Waals surface area contributed by atoms with Crippen molar-refractivity contribution in [3.63, 3.8) is 0 Å². The third kappa shape index (κ3) is 5.36. The Morgan fingerprint density at radius 2 is 1.79 bits per heavy atom. The topological polar surface area (TPSA) is 53.9 Å². The van der Waals surface area contributed by atoms with E-state index < -0.39 is 34.7 Å². The molecule has 1 unspecified atom stereocenters. The predicted molar refractivity (Wildman–Crippen MR) is 139 cm³/mol. The molecule has 0 radical (unpaired) electrons. The lowest BCUT2D eigenvalue weighted by atomic mass is 9.76. The Morgan fingerprint density at radius 1 is 1.08 bits per heavy atom. The second-order valence-corrected chi connectivity index (χ2v) is 9.17. The van der Waals surface area contributed by atoms with Gasteiger partial charge in [-0.1, -0.05) is 24.3 Å². The summed E-state index contributed by atoms with van der Waals surface area (Å²) in [4.78, 5) is 14.3. The number of nitrogens with zero attached hydrogens (tertiary/aromatic N) is 2. The lowest BCUT2D eigenvalue weighted by molar-refractivity contribution is -0.140. The minimum Gasteiger partial charge on any atom is -0.497 e. The van der Waals surface area contributed by atoms with Crippen LogP contribution in [0, 0.1) is 11.6 Å². The highest BCUT2D eigenvalue weighted by Gasteiger charge is 2.44. The van der Waals surface area contributed by atoms with Crippen LogP contribution < -0.4 is 15.1 Å². The summed E-state index contributed by atoms with van der Waals surface area (Å²) in [5.41, 5.74) is 2.11. The fourth-order valence-corrected chi connectivity index (χ4v) is 4.87. The number of nitrogens with one attached hydrogen (secondary N) is 1. The number of allylic oxidation sites excluding steroid dienone is 2. The van der Waals surface area contributed by atoms with Crippen molar-refractivity contribution in [3.05, 3.63) is 106 Å². The molecule has 3 aromatic carbocycles. The van der Waals surface area contributed by atoms with Crippen molar-refractivity contribution in [2.24, 2.45) is 5.10 Å². The van der Waals surface area contributed by atoms with Crippen molar-refractivity contribution in [1.82, 2.24) is 5.43 Å². The molecular weight excluding hydrogens is 517 g/mol. The van der Waals surface area contributed by atoms with Crippen LogP contribution in [0.25, 0.3) is 0 Å². The summed E-state index contributed by atoms with van der Waals surface area (Å²) in [6, 6.07) is 15.4. The first-order valence-corrected chi connectivity index (χ1v) is 12.1. The number of likely N-dealkylation sites (N-methyl/N-ethyl adjacent to an activating group) is 1. The van der Waals surface area contributed by atoms with Gasteiger partial charge in [0.2, 0.25) is 0 Å². The van der Waals surface area contributed by atoms with Crippen molar-refractivity contribution < 1.29 is 31.5 Å². The zero-order valence-electron chi connectivity index (χ0n) is 21.4. The molecule has 1 aliphatic rings. The van der Waals surface area contributed by atoms with E-state index in [4.69, 9.17) is 4.74 Å². The minimum atomic E-state index is -5.02. The van der Waals surface area contributed by atoms with E-state index in [9.17, 15) is 26.7 Å². The zero-order chi connectivity index (χ0) is 28.4. The summed E-state index contributed by atoms with van der Waals surface area (Å²) in [5.74, 6) is -3.37. The van der Waals surface area contributed by atoms with E-state index in [1.807, 2.05) is 17.9 Å². The van der Waals surface area contributed by atoms with E-state index in [1.165, 1.54) is 13.3 Å². The number of fused-ring (bicyclic) bond motifs is 1. The number of amides is 1. The SMILES string of the molecule is CCN1/C(=C\C=N\NC(=O)c2ccccc2)C(C)(Cc2ccc(C(F)(F)F)c(F)c2F)c2cc(OC)ccc21. The Labute approximate surface area is 222 Å². The number of carbonyl (C=O) groups excluding carboxylic acids is 1. The molecular formula is C29H26F5N3O2. The smallest absolute Gasteiger partial charge is 0.419 e. The maximum atomic E-state index is 15.0. The van der Waals surface area contributed by atoms with Crippen LogP contribution in [-0.4, -0.2) is 25.8 Å². The maximum Gasteiger partial charge on any atom is 0.419 e. The van der Waals surface area contributed by atoms with Crippen LogP contribution in [0.1, 0.15) is 40.9 Å². The number of ether oxygens (including phenoxy) is 1. The fraction of sp³-hybridized carbons (Fsp3) is 0.241. The second-order valence-electron chi connectivity index (χ2n) is 9.17. The maximum absolute atomic E-state index is 15.0. The molecule has 0 saturated heterocycles. The summed E-state index contributed by atoms with van der Waals surface area (Å²) in [5, 5.41) is 4.01. The van der Waals surface area contributed by atoms with Gasteiger partial charge in [0.15, 0.2) is 11.6 Å². The van der Waals surface area contributed by atoms with Gasteiger partial charge in [-0.3, -0.25) is 4.79 Å². The highest BCUT2D eigenvalue weighted by atomic mass is 19.4. The molecule has 0 aliphatic carbocycles. The van der Waals surface area contributed by atoms with Crippen molar-refractivity contribution in [2.45, 2.75) is 31.9 Å². The molecule has 4 rings (SSSR count). The molecule has 10 heteroatoms. The summed E-state index contributed by atoms with van der Waals surface area (Å²) in [6.07, 6.45) is -2.16. The van der Waals surface area contributed by atoms with Gasteiger partial charge in [-0.25, -0.2) is 14.2 Å². The van der Waals surface area contributed by atoms with Crippen LogP contribution in [0.3, 0.4) is 0 Å². The monoisotopic (exact) mass is 543 g/mol. The Morgan fingerprint density at radius 3 is 2.44 bits per heavy atom. The van der Waals surface area contributed by atoms with Crippen molar-refractivity contribution in [3.8, 4) is 5.75 Å². The first-order valence-electron chi connectivity index (χ1n) is 12.1. The van der Waals surface area contributed by atoms with Crippen molar-refractivity contribution >= 4 is 17.8 Å². The number of hydrogen-bond acceptors (Lipinski definition) is 4. The first-order chi connectivity index (χ1) is 18.5. The summed E-state index contributed by atoms with van der Waals surface area (Å²) in [6.45, 7) is 4.19. The number of hydrogen-bond donors (Lipinski definition) is 1. The van der Waals surface area contributed by atoms with Crippen LogP contribution in [-0.2, 0) is 18.0 Å². The van der Waals surface area contributed by atoms with Crippen LogP contribution in [0.5, 0.6) is 5.75 Å². The minimum absolute atomic E-state index is 0.152. The fourth-order valence-electron chi connectivity index (χ4n) is 4.87. The molecule has 5 nitrogen and oxygen atoms in total. The average molecular weight is 544 g/mol. The highest BCUT2D eigenvalue weighted by molar-refractivity contribution is 5.94. The Kier molecular flexibility index (Phi) is 7.76. The Balaban J connectivity index is 1.75. The molecule has 1 atom stereocenters. The quantitative estimate of drug-likeness (QED) is 0.207. The number of benzene rings is 3. The molecule has 0 saturated carbocycles. The molecule has 39 heavy (non-hydrogen) atoms. The first kappa shape index (κ1) is 27.8. The van der Waals surface area contributed by atoms with Gasteiger partial charge in [0, 0.05) is 35.1 Å². The van der Waals surface area contributed by atoms with E-state index in [0.29, 0.717) is 29.6 Å². The van der Waals surface area contributed by atoms with Gasteiger partial charge in [0.05, 0.1) is 12.7 Å². The van der Waals surface area contributed by atoms with Gasteiger partial charge in [-0.15, -0.1) is 0 Å². The van der Waals surface area contributed by atoms with E-state index in [1.54, 1.807) is 55.5 Å². The third-order valence-electron chi connectivity index (χ3n) is 6.78. The molecule has 0 spiro atoms. The highest BCUT2D eigenvalue weighted by Crippen LogP contribution is 2.51. The summed E-state index contributed by atoms with van der Waals surface area (Å²) < 4.78 is 74.3. The van der Waals surface area contributed by atoms with Crippen molar-refractivity contribution in [2.75, 3.05) is 18.6 Å². The van der Waals surface area contributed by atoms with E-state index >= 15 is 0 Å². The second kappa shape index (κ2) is 10.9. The Bertz CT molecular complexity index is 1440. The van der Waals surface area contributed by atoms with Gasteiger partial charge < -0.3 is 9.64 Å². The largest absolute Gasteiger partial charge is 0.497 e. The molecule has 0 aromatic heterocycles. The molecule has 1 aliphatic heterocycles. The molecule has 0 fully saturated rings. The summed E-state index contributed by atoms with van der Waals surface area (Å²) >= 11 is 0. The average Bonchev–Trinajstić information content (AvgIpc) is 3.15. The number of halogens is 5. The molecule has 3 aromatic rings. The number of anilines is 1. The molecule has 1 N–H and O–H groups in total. The van der Waals surface area contributed by atoms with Crippen LogP contribution in [0.15, 0.2) is 77.5 Å². The van der Waals surface area contributed by atoms with Crippen LogP contribution in [0.4, 0.5) is 27.6 Å². The zero-order valence-corrected chi connectivity index (χ0v) is 21.4. The number of methoxy groups -OCH3 is 1. The predicted octanol–water partition coefficient (Wildman–Crippen LogP) is 6.63. The van der Waals surface area contributed by atoms with Gasteiger partial charge in [0.1, 0.15) is 5.75 Å². The standard InChI is InChI=1S/C29H26F5N3O2/c1-4-37-23-13-11-20(39-3)16-22(23)28(2,17-19-10-12-21(29(32,33)34)26(31)25(19)30)24(37)14-15-35-36-27(38)18-8-6-5-7-9-18/h5-16H,4,17H2,1-3H3,(H,36,38)/b24-14-,35-15+.